The lowest BCUT2D eigenvalue weighted by Crippen LogP contribution is -2.20. The summed E-state index contributed by atoms with van der Waals surface area (Å²) in [5.41, 5.74) is 1.20. The van der Waals surface area contributed by atoms with Crippen LogP contribution in [0.25, 0.3) is 11.2 Å². The highest BCUT2D eigenvalue weighted by Gasteiger charge is 2.25. The molecule has 108 valence electrons. The average Bonchev–Trinajstić information content (AvgIpc) is 2.83. The molecule has 2 atom stereocenters. The highest BCUT2D eigenvalue weighted by atomic mass is 35.5. The van der Waals surface area contributed by atoms with Gasteiger partial charge in [-0.1, -0.05) is 0 Å². The van der Waals surface area contributed by atoms with Crippen LogP contribution < -0.4 is 4.74 Å². The molecule has 0 saturated heterocycles. The number of nitrogens with zero attached hydrogens (tertiary/aromatic N) is 3. The maximum atomic E-state index is 11.8. The molecule has 0 aromatic carbocycles. The molecular weight excluding hydrogens is 282 g/mol. The highest BCUT2D eigenvalue weighted by molar-refractivity contribution is 6.20. The van der Waals surface area contributed by atoms with E-state index < -0.39 is 6.04 Å². The number of methoxy groups -OCH3 is 2. The van der Waals surface area contributed by atoms with Crippen molar-refractivity contribution in [3.05, 3.63) is 18.0 Å². The maximum Gasteiger partial charge on any atom is 0.328 e. The first kappa shape index (κ1) is 14.6. The number of hydrogen-bond donors (Lipinski definition) is 0. The number of pyridine rings is 1. The Balaban J connectivity index is 2.69. The molecule has 0 aliphatic heterocycles. The predicted octanol–water partition coefficient (Wildman–Crippen LogP) is 2.47. The van der Waals surface area contributed by atoms with Gasteiger partial charge in [0.2, 0.25) is 5.88 Å². The van der Waals surface area contributed by atoms with Gasteiger partial charge >= 0.3 is 5.97 Å². The lowest BCUT2D eigenvalue weighted by molar-refractivity contribution is -0.144. The van der Waals surface area contributed by atoms with Gasteiger partial charge in [0.15, 0.2) is 5.65 Å². The zero-order chi connectivity index (χ0) is 14.9. The third-order valence-electron chi connectivity index (χ3n) is 3.03. The van der Waals surface area contributed by atoms with Gasteiger partial charge in [0.05, 0.1) is 19.6 Å². The van der Waals surface area contributed by atoms with Crippen LogP contribution in [0.3, 0.4) is 0 Å². The van der Waals surface area contributed by atoms with Crippen LogP contribution in [0.5, 0.6) is 5.88 Å². The number of ether oxygens (including phenoxy) is 2. The van der Waals surface area contributed by atoms with E-state index in [1.54, 1.807) is 30.5 Å². The number of imidazole rings is 1. The molecule has 0 radical (unpaired) electrons. The number of hydrogen-bond acceptors (Lipinski definition) is 5. The Morgan fingerprint density at radius 1 is 1.30 bits per heavy atom. The lowest BCUT2D eigenvalue weighted by atomic mass is 10.3. The molecule has 2 heterocycles. The molecule has 7 heteroatoms. The van der Waals surface area contributed by atoms with Crippen LogP contribution in [0.1, 0.15) is 31.1 Å². The van der Waals surface area contributed by atoms with Crippen LogP contribution in [-0.4, -0.2) is 34.7 Å². The number of carbonyl (C=O) groups excluding carboxylic acids is 1. The average molecular weight is 298 g/mol. The Bertz CT molecular complexity index is 639. The van der Waals surface area contributed by atoms with Gasteiger partial charge in [-0.3, -0.25) is 4.57 Å². The number of halogens is 1. The van der Waals surface area contributed by atoms with Crippen molar-refractivity contribution in [2.45, 2.75) is 25.3 Å². The molecule has 2 rings (SSSR count). The Labute approximate surface area is 121 Å². The van der Waals surface area contributed by atoms with Gasteiger partial charge in [-0.2, -0.15) is 4.98 Å². The van der Waals surface area contributed by atoms with Crippen LogP contribution in [0.15, 0.2) is 12.1 Å². The van der Waals surface area contributed by atoms with Crippen molar-refractivity contribution in [2.75, 3.05) is 14.2 Å². The Morgan fingerprint density at radius 2 is 2.00 bits per heavy atom. The van der Waals surface area contributed by atoms with Gasteiger partial charge in [-0.05, 0) is 19.9 Å². The Kier molecular flexibility index (Phi) is 4.13. The minimum atomic E-state index is -0.569. The molecule has 2 aromatic heterocycles. The van der Waals surface area contributed by atoms with Crippen molar-refractivity contribution in [2.24, 2.45) is 0 Å². The topological polar surface area (TPSA) is 66.2 Å². The quantitative estimate of drug-likeness (QED) is 0.640. The van der Waals surface area contributed by atoms with Crippen molar-refractivity contribution in [1.29, 1.82) is 0 Å². The third kappa shape index (κ3) is 2.43. The lowest BCUT2D eigenvalue weighted by Gasteiger charge is -2.15. The molecule has 0 aliphatic rings. The van der Waals surface area contributed by atoms with E-state index in [4.69, 9.17) is 21.1 Å². The third-order valence-corrected chi connectivity index (χ3v) is 3.23. The fourth-order valence-electron chi connectivity index (χ4n) is 2.03. The number of esters is 1. The summed E-state index contributed by atoms with van der Waals surface area (Å²) >= 11 is 6.15. The summed E-state index contributed by atoms with van der Waals surface area (Å²) in [7, 11) is 2.87. The summed E-state index contributed by atoms with van der Waals surface area (Å²) in [6.45, 7) is 3.51. The van der Waals surface area contributed by atoms with Gasteiger partial charge in [0, 0.05) is 6.07 Å². The van der Waals surface area contributed by atoms with Crippen LogP contribution in [0, 0.1) is 0 Å². The van der Waals surface area contributed by atoms with Gasteiger partial charge < -0.3 is 9.47 Å². The molecule has 2 aromatic rings. The van der Waals surface area contributed by atoms with Crippen LogP contribution in [0.2, 0.25) is 0 Å². The SMILES string of the molecule is COC(=O)C(C)n1c(C(C)Cl)nc2ccc(OC)nc21. The number of aromatic nitrogens is 3. The predicted molar refractivity (Wildman–Crippen MR) is 75.1 cm³/mol. The first-order chi connectivity index (χ1) is 9.49. The Morgan fingerprint density at radius 3 is 2.55 bits per heavy atom. The van der Waals surface area contributed by atoms with Gasteiger partial charge in [0.1, 0.15) is 17.4 Å². The number of fused-ring (bicyclic) bond motifs is 1. The fourth-order valence-corrected chi connectivity index (χ4v) is 2.18. The summed E-state index contributed by atoms with van der Waals surface area (Å²) in [5, 5.41) is -0.359. The van der Waals surface area contributed by atoms with Crippen molar-refractivity contribution in [3.8, 4) is 5.88 Å². The van der Waals surface area contributed by atoms with Crippen molar-refractivity contribution >= 4 is 28.7 Å². The molecule has 2 unspecified atom stereocenters. The van der Waals surface area contributed by atoms with E-state index in [2.05, 4.69) is 9.97 Å². The van der Waals surface area contributed by atoms with Gasteiger partial charge in [-0.15, -0.1) is 11.6 Å². The Hall–Kier alpha value is -1.82. The van der Waals surface area contributed by atoms with E-state index in [9.17, 15) is 4.79 Å². The smallest absolute Gasteiger partial charge is 0.328 e. The second-order valence-electron chi connectivity index (χ2n) is 4.35. The van der Waals surface area contributed by atoms with E-state index in [1.807, 2.05) is 0 Å². The van der Waals surface area contributed by atoms with E-state index >= 15 is 0 Å². The molecule has 20 heavy (non-hydrogen) atoms. The van der Waals surface area contributed by atoms with Gasteiger partial charge in [0.25, 0.3) is 0 Å². The molecule has 0 saturated carbocycles. The van der Waals surface area contributed by atoms with Gasteiger partial charge in [-0.25, -0.2) is 9.78 Å². The van der Waals surface area contributed by atoms with Crippen molar-refractivity contribution in [3.63, 3.8) is 0 Å². The van der Waals surface area contributed by atoms with Crippen molar-refractivity contribution in [1.82, 2.24) is 14.5 Å². The number of rotatable bonds is 4. The van der Waals surface area contributed by atoms with E-state index in [0.717, 1.165) is 0 Å². The maximum absolute atomic E-state index is 11.8. The molecule has 0 aliphatic carbocycles. The second-order valence-corrected chi connectivity index (χ2v) is 5.01. The monoisotopic (exact) mass is 297 g/mol. The van der Waals surface area contributed by atoms with E-state index in [1.165, 1.54) is 14.2 Å². The second kappa shape index (κ2) is 5.66. The van der Waals surface area contributed by atoms with Crippen LogP contribution in [-0.2, 0) is 9.53 Å². The summed E-state index contributed by atoms with van der Waals surface area (Å²) in [6, 6.07) is 2.93. The number of carbonyl (C=O) groups is 1. The zero-order valence-corrected chi connectivity index (χ0v) is 12.5. The molecule has 0 fully saturated rings. The van der Waals surface area contributed by atoms with Crippen LogP contribution >= 0.6 is 11.6 Å². The van der Waals surface area contributed by atoms with Crippen LogP contribution in [0.4, 0.5) is 0 Å². The highest BCUT2D eigenvalue weighted by Crippen LogP contribution is 2.28. The fraction of sp³-hybridized carbons (Fsp3) is 0.462. The first-order valence-electron chi connectivity index (χ1n) is 6.14. The first-order valence-corrected chi connectivity index (χ1v) is 6.58. The standard InChI is InChI=1S/C13H16ClN3O3/c1-7(14)11-15-9-5-6-10(19-3)16-12(9)17(11)8(2)13(18)20-4/h5-8H,1-4H3. The zero-order valence-electron chi connectivity index (χ0n) is 11.8. The molecule has 0 N–H and O–H groups in total. The minimum Gasteiger partial charge on any atom is -0.481 e. The summed E-state index contributed by atoms with van der Waals surface area (Å²) in [4.78, 5) is 20.6. The van der Waals surface area contributed by atoms with Crippen molar-refractivity contribution < 1.29 is 14.3 Å². The molecule has 0 amide bonds. The van der Waals surface area contributed by atoms with E-state index in [0.29, 0.717) is 22.9 Å². The van der Waals surface area contributed by atoms with E-state index in [-0.39, 0.29) is 11.3 Å². The molecular formula is C13H16ClN3O3. The summed E-state index contributed by atoms with van der Waals surface area (Å²) in [5.74, 6) is 0.636. The molecule has 0 bridgehead atoms. The summed E-state index contributed by atoms with van der Waals surface area (Å²) < 4.78 is 11.6. The largest absolute Gasteiger partial charge is 0.481 e. The molecule has 0 spiro atoms. The summed E-state index contributed by atoms with van der Waals surface area (Å²) in [6.07, 6.45) is 0. The number of alkyl halides is 1. The molecule has 6 nitrogen and oxygen atoms in total. The minimum absolute atomic E-state index is 0.359. The normalized spacial score (nSPS) is 14.1.